The number of piperidine rings is 1. The molecule has 2 saturated heterocycles. The number of nitrogens with zero attached hydrogens (tertiary/aromatic N) is 2. The van der Waals surface area contributed by atoms with Crippen molar-refractivity contribution in [2.45, 2.75) is 37.8 Å². The van der Waals surface area contributed by atoms with Crippen LogP contribution in [0.4, 0.5) is 4.79 Å². The number of carboxylic acid groups (broad SMARTS) is 1. The maximum atomic E-state index is 12.6. The number of rotatable bonds is 2. The van der Waals surface area contributed by atoms with Gasteiger partial charge in [0, 0.05) is 30.6 Å². The van der Waals surface area contributed by atoms with Gasteiger partial charge in [0.2, 0.25) is 0 Å². The van der Waals surface area contributed by atoms with Crippen LogP contribution in [0.15, 0.2) is 0 Å². The number of likely N-dealkylation sites (tertiary alicyclic amines) is 1. The summed E-state index contributed by atoms with van der Waals surface area (Å²) in [6, 6.07) is 0.360. The van der Waals surface area contributed by atoms with E-state index in [9.17, 15) is 9.59 Å². The molecule has 2 bridgehead atoms. The maximum absolute atomic E-state index is 12.6. The van der Waals surface area contributed by atoms with Crippen LogP contribution in [0.2, 0.25) is 0 Å². The summed E-state index contributed by atoms with van der Waals surface area (Å²) in [5, 5.41) is 8.98. The first-order valence-corrected chi connectivity index (χ1v) is 8.17. The molecule has 6 heteroatoms. The molecule has 106 valence electrons. The molecule has 0 aromatic carbocycles. The molecule has 3 atom stereocenters. The molecule has 3 rings (SSSR count). The van der Waals surface area contributed by atoms with E-state index in [2.05, 4.69) is 0 Å². The van der Waals surface area contributed by atoms with Crippen molar-refractivity contribution in [2.75, 3.05) is 24.6 Å². The third-order valence-electron chi connectivity index (χ3n) is 4.54. The highest BCUT2D eigenvalue weighted by Gasteiger charge is 2.43. The second kappa shape index (κ2) is 5.23. The lowest BCUT2D eigenvalue weighted by molar-refractivity contribution is -0.138. The quantitative estimate of drug-likeness (QED) is 0.834. The molecule has 0 aromatic rings. The highest BCUT2D eigenvalue weighted by molar-refractivity contribution is 7.99. The van der Waals surface area contributed by atoms with E-state index >= 15 is 0 Å². The van der Waals surface area contributed by atoms with Crippen LogP contribution >= 0.6 is 11.8 Å². The van der Waals surface area contributed by atoms with Crippen molar-refractivity contribution in [2.24, 2.45) is 5.92 Å². The van der Waals surface area contributed by atoms with E-state index < -0.39 is 5.97 Å². The molecule has 0 aromatic heterocycles. The number of urea groups is 1. The van der Waals surface area contributed by atoms with Crippen LogP contribution in [0.3, 0.4) is 0 Å². The summed E-state index contributed by atoms with van der Waals surface area (Å²) in [5.41, 5.74) is 0. The van der Waals surface area contributed by atoms with Gasteiger partial charge in [-0.1, -0.05) is 0 Å². The van der Waals surface area contributed by atoms with E-state index in [1.165, 1.54) is 6.42 Å². The highest BCUT2D eigenvalue weighted by Crippen LogP contribution is 2.38. The number of thioether (sulfide) groups is 1. The summed E-state index contributed by atoms with van der Waals surface area (Å²) >= 11 is 1.75. The maximum Gasteiger partial charge on any atom is 0.320 e. The highest BCUT2D eigenvalue weighted by atomic mass is 32.2. The van der Waals surface area contributed by atoms with E-state index in [4.69, 9.17) is 5.11 Å². The third kappa shape index (κ3) is 2.55. The Morgan fingerprint density at radius 2 is 2.11 bits per heavy atom. The number of carbonyl (C=O) groups excluding carboxylic acids is 1. The van der Waals surface area contributed by atoms with E-state index in [-0.39, 0.29) is 18.5 Å². The monoisotopic (exact) mass is 284 g/mol. The number of fused-ring (bicyclic) bond motifs is 2. The minimum absolute atomic E-state index is 0.0701. The van der Waals surface area contributed by atoms with Crippen molar-refractivity contribution in [3.8, 4) is 0 Å². The van der Waals surface area contributed by atoms with Gasteiger partial charge < -0.3 is 14.9 Å². The average molecular weight is 284 g/mol. The first kappa shape index (κ1) is 13.1. The number of amides is 2. The van der Waals surface area contributed by atoms with Crippen molar-refractivity contribution < 1.29 is 14.7 Å². The third-order valence-corrected chi connectivity index (χ3v) is 5.63. The van der Waals surface area contributed by atoms with Gasteiger partial charge in [-0.05, 0) is 25.2 Å². The van der Waals surface area contributed by atoms with Crippen LogP contribution in [-0.2, 0) is 4.79 Å². The molecular weight excluding hydrogens is 264 g/mol. The molecule has 2 heterocycles. The Morgan fingerprint density at radius 3 is 2.74 bits per heavy atom. The first-order chi connectivity index (χ1) is 9.15. The SMILES string of the molecule is O=C(O)CC1CSCCN1C(=O)N1CC2CCC1C2. The lowest BCUT2D eigenvalue weighted by Crippen LogP contribution is -2.54. The van der Waals surface area contributed by atoms with Crippen LogP contribution in [0.5, 0.6) is 0 Å². The molecule has 1 aliphatic carbocycles. The summed E-state index contributed by atoms with van der Waals surface area (Å²) in [6.07, 6.45) is 3.60. The Morgan fingerprint density at radius 1 is 1.26 bits per heavy atom. The molecule has 3 aliphatic rings. The van der Waals surface area contributed by atoms with Crippen molar-refractivity contribution in [3.63, 3.8) is 0 Å². The zero-order valence-electron chi connectivity index (χ0n) is 11.0. The Balaban J connectivity index is 1.68. The fourth-order valence-electron chi connectivity index (χ4n) is 3.60. The number of hydrogen-bond acceptors (Lipinski definition) is 3. The van der Waals surface area contributed by atoms with Crippen molar-refractivity contribution in [3.05, 3.63) is 0 Å². The van der Waals surface area contributed by atoms with Gasteiger partial charge in [0.05, 0.1) is 12.5 Å². The Labute approximate surface area is 117 Å². The lowest BCUT2D eigenvalue weighted by atomic mass is 10.1. The second-order valence-corrected chi connectivity index (χ2v) is 6.94. The van der Waals surface area contributed by atoms with Gasteiger partial charge in [-0.25, -0.2) is 4.79 Å². The van der Waals surface area contributed by atoms with Crippen LogP contribution in [0, 0.1) is 5.92 Å². The zero-order chi connectivity index (χ0) is 13.4. The van der Waals surface area contributed by atoms with Gasteiger partial charge in [0.25, 0.3) is 0 Å². The predicted molar refractivity (Wildman–Crippen MR) is 73.3 cm³/mol. The molecule has 5 nitrogen and oxygen atoms in total. The minimum Gasteiger partial charge on any atom is -0.481 e. The first-order valence-electron chi connectivity index (χ1n) is 7.02. The molecule has 0 radical (unpaired) electrons. The van der Waals surface area contributed by atoms with Crippen molar-refractivity contribution in [1.29, 1.82) is 0 Å². The number of hydrogen-bond donors (Lipinski definition) is 1. The average Bonchev–Trinajstić information content (AvgIpc) is 3.00. The zero-order valence-corrected chi connectivity index (χ0v) is 11.8. The van der Waals surface area contributed by atoms with E-state index in [1.807, 2.05) is 9.80 Å². The summed E-state index contributed by atoms with van der Waals surface area (Å²) in [4.78, 5) is 27.4. The molecule has 19 heavy (non-hydrogen) atoms. The Kier molecular flexibility index (Phi) is 3.60. The van der Waals surface area contributed by atoms with Gasteiger partial charge in [-0.3, -0.25) is 4.79 Å². The van der Waals surface area contributed by atoms with Gasteiger partial charge in [0.1, 0.15) is 0 Å². The summed E-state index contributed by atoms with van der Waals surface area (Å²) in [5.74, 6) is 1.54. The fourth-order valence-corrected chi connectivity index (χ4v) is 4.66. The Hall–Kier alpha value is -0.910. The van der Waals surface area contributed by atoms with E-state index in [0.717, 1.165) is 30.9 Å². The lowest BCUT2D eigenvalue weighted by Gasteiger charge is -2.39. The van der Waals surface area contributed by atoms with Gasteiger partial charge >= 0.3 is 12.0 Å². The van der Waals surface area contributed by atoms with Crippen LogP contribution < -0.4 is 0 Å². The summed E-state index contributed by atoms with van der Waals surface area (Å²) in [7, 11) is 0. The van der Waals surface area contributed by atoms with Gasteiger partial charge in [0.15, 0.2) is 0 Å². The molecule has 0 spiro atoms. The molecule has 3 unspecified atom stereocenters. The van der Waals surface area contributed by atoms with Gasteiger partial charge in [-0.15, -0.1) is 0 Å². The van der Waals surface area contributed by atoms with E-state index in [0.29, 0.717) is 18.5 Å². The van der Waals surface area contributed by atoms with Crippen LogP contribution in [-0.4, -0.2) is 63.6 Å². The molecule has 1 saturated carbocycles. The van der Waals surface area contributed by atoms with Crippen LogP contribution in [0.1, 0.15) is 25.7 Å². The fraction of sp³-hybridized carbons (Fsp3) is 0.846. The number of aliphatic carboxylic acids is 1. The smallest absolute Gasteiger partial charge is 0.320 e. The molecule has 3 fully saturated rings. The predicted octanol–water partition coefficient (Wildman–Crippen LogP) is 1.48. The standard InChI is InChI=1S/C13H20N2O3S/c16-12(17)6-11-8-19-4-3-14(11)13(18)15-7-9-1-2-10(15)5-9/h9-11H,1-8H2,(H,16,17). The number of carbonyl (C=O) groups is 2. The minimum atomic E-state index is -0.812. The molecular formula is C13H20N2O3S. The number of carboxylic acids is 1. The summed E-state index contributed by atoms with van der Waals surface area (Å²) in [6.45, 7) is 1.57. The van der Waals surface area contributed by atoms with Crippen molar-refractivity contribution in [1.82, 2.24) is 9.80 Å². The molecule has 2 aliphatic heterocycles. The molecule has 2 amide bonds. The normalized spacial score (nSPS) is 33.8. The largest absolute Gasteiger partial charge is 0.481 e. The topological polar surface area (TPSA) is 60.9 Å². The molecule has 1 N–H and O–H groups in total. The summed E-state index contributed by atoms with van der Waals surface area (Å²) < 4.78 is 0. The van der Waals surface area contributed by atoms with Crippen molar-refractivity contribution >= 4 is 23.8 Å². The Bertz CT molecular complexity index is 390. The van der Waals surface area contributed by atoms with E-state index in [1.54, 1.807) is 11.8 Å². The second-order valence-electron chi connectivity index (χ2n) is 5.79. The van der Waals surface area contributed by atoms with Crippen LogP contribution in [0.25, 0.3) is 0 Å². The van der Waals surface area contributed by atoms with Gasteiger partial charge in [-0.2, -0.15) is 11.8 Å².